The fourth-order valence-electron chi connectivity index (χ4n) is 3.58. The second-order valence-electron chi connectivity index (χ2n) is 7.09. The van der Waals surface area contributed by atoms with E-state index in [-0.39, 0.29) is 11.9 Å². The molecule has 4 nitrogen and oxygen atoms in total. The van der Waals surface area contributed by atoms with Crippen molar-refractivity contribution in [2.75, 3.05) is 14.2 Å². The molecule has 2 aromatic carbocycles. The third kappa shape index (κ3) is 4.58. The molecule has 0 saturated heterocycles. The molecule has 0 spiro atoms. The number of nitrogens with one attached hydrogen (secondary N) is 1. The molecule has 1 aliphatic heterocycles. The first kappa shape index (κ1) is 20.9. The molecule has 0 aromatic heterocycles. The molecule has 6 heteroatoms. The van der Waals surface area contributed by atoms with Gasteiger partial charge in [0.15, 0.2) is 0 Å². The molecule has 0 aliphatic carbocycles. The Kier molecular flexibility index (Phi) is 6.78. The molecular weight excluding hydrogens is 440 g/mol. The van der Waals surface area contributed by atoms with Crippen LogP contribution in [0.15, 0.2) is 45.9 Å². The van der Waals surface area contributed by atoms with Gasteiger partial charge in [-0.25, -0.2) is 0 Å². The number of halogens is 2. The maximum Gasteiger partial charge on any atom is 0.219 e. The van der Waals surface area contributed by atoms with Crippen LogP contribution in [-0.2, 0) is 11.2 Å². The molecule has 0 fully saturated rings. The van der Waals surface area contributed by atoms with Crippen molar-refractivity contribution >= 4 is 39.1 Å². The number of hydrogen-bond acceptors (Lipinski definition) is 3. The Bertz CT molecular complexity index is 896. The zero-order valence-electron chi connectivity index (χ0n) is 16.3. The van der Waals surface area contributed by atoms with E-state index in [1.165, 1.54) is 5.56 Å². The van der Waals surface area contributed by atoms with Crippen molar-refractivity contribution in [3.05, 3.63) is 62.6 Å². The van der Waals surface area contributed by atoms with Gasteiger partial charge in [0.1, 0.15) is 5.75 Å². The topological polar surface area (TPSA) is 50.7 Å². The van der Waals surface area contributed by atoms with Gasteiger partial charge >= 0.3 is 0 Å². The van der Waals surface area contributed by atoms with Crippen molar-refractivity contribution in [1.82, 2.24) is 5.32 Å². The molecule has 148 valence electrons. The Hall–Kier alpha value is -1.85. The molecule has 1 N–H and O–H groups in total. The number of nitrogens with zero attached hydrogens (tertiary/aromatic N) is 1. The molecule has 1 aliphatic rings. The highest BCUT2D eigenvalue weighted by Crippen LogP contribution is 2.35. The Morgan fingerprint density at radius 1 is 1.32 bits per heavy atom. The van der Waals surface area contributed by atoms with Crippen molar-refractivity contribution in [2.24, 2.45) is 10.9 Å². The number of carbonyl (C=O) groups is 1. The summed E-state index contributed by atoms with van der Waals surface area (Å²) in [6.45, 7) is 2.20. The summed E-state index contributed by atoms with van der Waals surface area (Å²) in [4.78, 5) is 16.9. The number of amides is 1. The van der Waals surface area contributed by atoms with E-state index >= 15 is 0 Å². The molecule has 2 aromatic rings. The van der Waals surface area contributed by atoms with E-state index in [0.29, 0.717) is 23.8 Å². The van der Waals surface area contributed by atoms with E-state index in [2.05, 4.69) is 34.2 Å². The van der Waals surface area contributed by atoms with Crippen LogP contribution in [0.25, 0.3) is 0 Å². The lowest BCUT2D eigenvalue weighted by atomic mass is 9.90. The SMILES string of the molecule is CNC(=O)CCC1N=C(c2ccc(Cl)cc2)c2cc(OC)c(Br)cc2CC1C. The minimum absolute atomic E-state index is 0.0432. The highest BCUT2D eigenvalue weighted by Gasteiger charge is 2.26. The van der Waals surface area contributed by atoms with Crippen LogP contribution in [0.3, 0.4) is 0 Å². The van der Waals surface area contributed by atoms with Crippen molar-refractivity contribution < 1.29 is 9.53 Å². The highest BCUT2D eigenvalue weighted by atomic mass is 79.9. The average Bonchev–Trinajstić information content (AvgIpc) is 2.82. The summed E-state index contributed by atoms with van der Waals surface area (Å²) < 4.78 is 6.46. The predicted molar refractivity (Wildman–Crippen MR) is 118 cm³/mol. The van der Waals surface area contributed by atoms with Crippen LogP contribution in [0.4, 0.5) is 0 Å². The van der Waals surface area contributed by atoms with Gasteiger partial charge in [-0.05, 0) is 64.5 Å². The maximum atomic E-state index is 11.8. The van der Waals surface area contributed by atoms with Crippen LogP contribution >= 0.6 is 27.5 Å². The lowest BCUT2D eigenvalue weighted by molar-refractivity contribution is -0.120. The van der Waals surface area contributed by atoms with Gasteiger partial charge in [0, 0.05) is 29.6 Å². The van der Waals surface area contributed by atoms with Crippen LogP contribution in [0, 0.1) is 5.92 Å². The van der Waals surface area contributed by atoms with Crippen LogP contribution in [0.2, 0.25) is 5.02 Å². The molecule has 2 unspecified atom stereocenters. The number of carbonyl (C=O) groups excluding carboxylic acids is 1. The number of aliphatic imine (C=N–C) groups is 1. The zero-order valence-corrected chi connectivity index (χ0v) is 18.6. The Labute approximate surface area is 179 Å². The van der Waals surface area contributed by atoms with E-state index in [0.717, 1.165) is 33.5 Å². The number of ether oxygens (including phenoxy) is 1. The predicted octanol–water partition coefficient (Wildman–Crippen LogP) is 5.04. The van der Waals surface area contributed by atoms with Crippen LogP contribution in [0.5, 0.6) is 5.75 Å². The molecule has 1 heterocycles. The van der Waals surface area contributed by atoms with Crippen molar-refractivity contribution in [3.63, 3.8) is 0 Å². The molecule has 2 atom stereocenters. The number of fused-ring (bicyclic) bond motifs is 1. The average molecular weight is 464 g/mol. The highest BCUT2D eigenvalue weighted by molar-refractivity contribution is 9.10. The molecule has 28 heavy (non-hydrogen) atoms. The normalized spacial score (nSPS) is 18.7. The van der Waals surface area contributed by atoms with Gasteiger partial charge < -0.3 is 10.1 Å². The second kappa shape index (κ2) is 9.10. The van der Waals surface area contributed by atoms with Crippen molar-refractivity contribution in [3.8, 4) is 5.75 Å². The molecule has 1 amide bonds. The number of benzene rings is 2. The second-order valence-corrected chi connectivity index (χ2v) is 8.38. The number of hydrogen-bond donors (Lipinski definition) is 1. The largest absolute Gasteiger partial charge is 0.496 e. The first-order valence-corrected chi connectivity index (χ1v) is 10.5. The van der Waals surface area contributed by atoms with E-state index in [9.17, 15) is 4.79 Å². The summed E-state index contributed by atoms with van der Waals surface area (Å²) in [5.41, 5.74) is 4.21. The van der Waals surface area contributed by atoms with Gasteiger partial charge in [-0.2, -0.15) is 0 Å². The Balaban J connectivity index is 2.10. The maximum absolute atomic E-state index is 11.8. The smallest absolute Gasteiger partial charge is 0.219 e. The minimum atomic E-state index is 0.0432. The summed E-state index contributed by atoms with van der Waals surface area (Å²) in [7, 11) is 3.33. The molecule has 0 bridgehead atoms. The van der Waals surface area contributed by atoms with Gasteiger partial charge in [-0.3, -0.25) is 9.79 Å². The van der Waals surface area contributed by atoms with Crippen LogP contribution in [-0.4, -0.2) is 31.8 Å². The number of methoxy groups -OCH3 is 1. The quantitative estimate of drug-likeness (QED) is 0.676. The van der Waals surface area contributed by atoms with E-state index in [1.54, 1.807) is 14.2 Å². The van der Waals surface area contributed by atoms with Gasteiger partial charge in [-0.1, -0.05) is 30.7 Å². The molecule has 0 radical (unpaired) electrons. The third-order valence-electron chi connectivity index (χ3n) is 5.19. The van der Waals surface area contributed by atoms with Gasteiger partial charge in [0.2, 0.25) is 5.91 Å². The monoisotopic (exact) mass is 462 g/mol. The lowest BCUT2D eigenvalue weighted by Crippen LogP contribution is -2.23. The number of rotatable bonds is 5. The summed E-state index contributed by atoms with van der Waals surface area (Å²) in [6.07, 6.45) is 2.06. The van der Waals surface area contributed by atoms with Crippen LogP contribution in [0.1, 0.15) is 36.5 Å². The summed E-state index contributed by atoms with van der Waals surface area (Å²) in [5, 5.41) is 3.39. The van der Waals surface area contributed by atoms with E-state index in [1.807, 2.05) is 30.3 Å². The first-order chi connectivity index (χ1) is 13.4. The Morgan fingerprint density at radius 2 is 2.04 bits per heavy atom. The molecule has 0 saturated carbocycles. The standard InChI is InChI=1S/C22H24BrClN2O2/c1-13-10-15-11-18(23)20(28-3)12-17(15)22(14-4-6-16(24)7-5-14)26-19(13)8-9-21(27)25-2/h4-7,11-13,19H,8-10H2,1-3H3,(H,25,27). The molecule has 3 rings (SSSR count). The lowest BCUT2D eigenvalue weighted by Gasteiger charge is -2.18. The van der Waals surface area contributed by atoms with Crippen LogP contribution < -0.4 is 10.1 Å². The van der Waals surface area contributed by atoms with Gasteiger partial charge in [0.05, 0.1) is 23.3 Å². The van der Waals surface area contributed by atoms with E-state index in [4.69, 9.17) is 21.3 Å². The summed E-state index contributed by atoms with van der Waals surface area (Å²) in [5.74, 6) is 1.13. The van der Waals surface area contributed by atoms with Gasteiger partial charge in [-0.15, -0.1) is 0 Å². The minimum Gasteiger partial charge on any atom is -0.496 e. The molecular formula is C22H24BrClN2O2. The summed E-state index contributed by atoms with van der Waals surface area (Å²) in [6, 6.07) is 12.0. The van der Waals surface area contributed by atoms with E-state index < -0.39 is 0 Å². The first-order valence-electron chi connectivity index (χ1n) is 9.34. The van der Waals surface area contributed by atoms with Gasteiger partial charge in [0.25, 0.3) is 0 Å². The fraction of sp³-hybridized carbons (Fsp3) is 0.364. The van der Waals surface area contributed by atoms with Crippen molar-refractivity contribution in [1.29, 1.82) is 0 Å². The summed E-state index contributed by atoms with van der Waals surface area (Å²) >= 11 is 9.70. The third-order valence-corrected chi connectivity index (χ3v) is 6.06. The Morgan fingerprint density at radius 3 is 2.68 bits per heavy atom. The van der Waals surface area contributed by atoms with Crippen molar-refractivity contribution in [2.45, 2.75) is 32.2 Å². The zero-order chi connectivity index (χ0) is 20.3. The fourth-order valence-corrected chi connectivity index (χ4v) is 4.26.